The number of fused-ring (bicyclic) bond motifs is 1. The summed E-state index contributed by atoms with van der Waals surface area (Å²) in [7, 11) is 3.15. The van der Waals surface area contributed by atoms with Crippen LogP contribution in [0.4, 0.5) is 5.69 Å². The summed E-state index contributed by atoms with van der Waals surface area (Å²) in [5.41, 5.74) is 9.12. The fourth-order valence-electron chi connectivity index (χ4n) is 9.11. The molecule has 4 saturated carbocycles. The second-order valence-corrected chi connectivity index (χ2v) is 13.3. The van der Waals surface area contributed by atoms with Crippen LogP contribution >= 0.6 is 12.4 Å². The van der Waals surface area contributed by atoms with Crippen LogP contribution in [0.2, 0.25) is 0 Å². The minimum Gasteiger partial charge on any atom is -0.496 e. The third-order valence-corrected chi connectivity index (χ3v) is 10.9. The van der Waals surface area contributed by atoms with Crippen molar-refractivity contribution in [3.8, 4) is 28.4 Å². The Morgan fingerprint density at radius 3 is 2.15 bits per heavy atom. The molecule has 5 N–H and O–H groups in total. The van der Waals surface area contributed by atoms with Gasteiger partial charge in [-0.3, -0.25) is 9.59 Å². The Hall–Kier alpha value is -4.09. The molecule has 0 unspecified atom stereocenters. The van der Waals surface area contributed by atoms with Gasteiger partial charge in [0.05, 0.1) is 37.7 Å². The molecule has 47 heavy (non-hydrogen) atoms. The highest BCUT2D eigenvalue weighted by Crippen LogP contribution is 2.58. The zero-order chi connectivity index (χ0) is 32.2. The van der Waals surface area contributed by atoms with Crippen molar-refractivity contribution < 1.29 is 29.0 Å². The number of rotatable bonds is 9. The number of nitrogens with zero attached hydrogens (tertiary/aromatic N) is 2. The van der Waals surface area contributed by atoms with Crippen molar-refractivity contribution in [2.24, 2.45) is 29.4 Å². The van der Waals surface area contributed by atoms with Crippen molar-refractivity contribution in [2.75, 3.05) is 26.1 Å². The molecule has 0 saturated heterocycles. The molecule has 4 fully saturated rings. The van der Waals surface area contributed by atoms with E-state index in [9.17, 15) is 19.5 Å². The summed E-state index contributed by atoms with van der Waals surface area (Å²) < 4.78 is 13.3. The summed E-state index contributed by atoms with van der Waals surface area (Å²) in [4.78, 5) is 39.5. The molecule has 0 atom stereocenters. The average molecular weight is 664 g/mol. The summed E-state index contributed by atoms with van der Waals surface area (Å²) in [6.07, 6.45) is 7.96. The predicted molar refractivity (Wildman–Crippen MR) is 179 cm³/mol. The molecule has 1 heterocycles. The number of aliphatic carboxylic acids is 1. The lowest BCUT2D eigenvalue weighted by molar-refractivity contribution is -0.163. The van der Waals surface area contributed by atoms with Crippen LogP contribution in [0.25, 0.3) is 16.9 Å². The number of nitrogens with two attached hydrogens (primary N) is 1. The Morgan fingerprint density at radius 2 is 1.57 bits per heavy atom. The number of carbonyl (C=O) groups excluding carboxylic acids is 2. The van der Waals surface area contributed by atoms with Gasteiger partial charge in [0.2, 0.25) is 5.91 Å². The molecule has 1 aromatic heterocycles. The molecule has 11 nitrogen and oxygen atoms in total. The van der Waals surface area contributed by atoms with E-state index >= 15 is 0 Å². The van der Waals surface area contributed by atoms with Crippen molar-refractivity contribution in [3.05, 3.63) is 53.2 Å². The number of benzene rings is 2. The molecule has 2 aromatic carbocycles. The SMILES string of the molecule is COc1cccc(OC)c1-c1cc(C(=O)NC2(C(=O)O)C3CC4CC(C3)CC2C4)nn1-c1ccc(NC(=O)CN)c2c1CCCC2.Cl. The highest BCUT2D eigenvalue weighted by Gasteiger charge is 2.62. The van der Waals surface area contributed by atoms with E-state index in [1.807, 2.05) is 30.3 Å². The first-order chi connectivity index (χ1) is 22.3. The predicted octanol–water partition coefficient (Wildman–Crippen LogP) is 4.76. The van der Waals surface area contributed by atoms with Crippen LogP contribution in [0.5, 0.6) is 11.5 Å². The normalized spacial score (nSPS) is 25.3. The minimum atomic E-state index is -1.31. The molecular formula is C35H42ClN5O6. The third-order valence-electron chi connectivity index (χ3n) is 10.9. The van der Waals surface area contributed by atoms with Crippen LogP contribution in [0.15, 0.2) is 36.4 Å². The van der Waals surface area contributed by atoms with Crippen LogP contribution in [-0.4, -0.2) is 59.0 Å². The summed E-state index contributed by atoms with van der Waals surface area (Å²) >= 11 is 0. The van der Waals surface area contributed by atoms with Gasteiger partial charge in [-0.15, -0.1) is 12.4 Å². The smallest absolute Gasteiger partial charge is 0.330 e. The van der Waals surface area contributed by atoms with E-state index in [1.165, 1.54) is 6.42 Å². The fourth-order valence-corrected chi connectivity index (χ4v) is 9.11. The molecule has 4 bridgehead atoms. The van der Waals surface area contributed by atoms with Crippen LogP contribution in [-0.2, 0) is 22.4 Å². The van der Waals surface area contributed by atoms with Gasteiger partial charge in [-0.25, -0.2) is 9.48 Å². The lowest BCUT2D eigenvalue weighted by atomic mass is 9.48. The molecule has 2 amide bonds. The van der Waals surface area contributed by atoms with E-state index in [1.54, 1.807) is 25.0 Å². The standard InChI is InChI=1S/C35H41N5O6.ClH/c1-45-29-8-5-9-30(46-2)32(29)28-17-26(33(42)38-35(34(43)44)21-13-19-12-20(15-21)16-22(35)14-19)39-40(28)27-11-10-25(37-31(41)18-36)23-6-3-4-7-24(23)27;/h5,8-11,17,19-22H,3-4,6-7,12-16,18,36H2,1-2H3,(H,37,41)(H,38,42)(H,43,44);1H. The lowest BCUT2D eigenvalue weighted by Crippen LogP contribution is -2.70. The molecule has 12 heteroatoms. The van der Waals surface area contributed by atoms with Crippen LogP contribution < -0.4 is 25.8 Å². The van der Waals surface area contributed by atoms with Gasteiger partial charge in [-0.05, 0) is 123 Å². The largest absolute Gasteiger partial charge is 0.496 e. The maximum absolute atomic E-state index is 14.2. The van der Waals surface area contributed by atoms with E-state index in [0.29, 0.717) is 34.6 Å². The summed E-state index contributed by atoms with van der Waals surface area (Å²) in [5, 5.41) is 21.6. The van der Waals surface area contributed by atoms with Gasteiger partial charge in [0.25, 0.3) is 5.91 Å². The van der Waals surface area contributed by atoms with Crippen LogP contribution in [0.3, 0.4) is 0 Å². The molecular weight excluding hydrogens is 622 g/mol. The number of methoxy groups -OCH3 is 2. The van der Waals surface area contributed by atoms with Crippen molar-refractivity contribution in [2.45, 2.75) is 63.3 Å². The average Bonchev–Trinajstić information content (AvgIpc) is 3.50. The second-order valence-electron chi connectivity index (χ2n) is 13.3. The van der Waals surface area contributed by atoms with Gasteiger partial charge in [0, 0.05) is 5.69 Å². The van der Waals surface area contributed by atoms with Gasteiger partial charge in [0.1, 0.15) is 17.0 Å². The number of hydrogen-bond donors (Lipinski definition) is 4. The molecule has 8 rings (SSSR count). The first kappa shape index (κ1) is 32.8. The Labute approximate surface area is 280 Å². The first-order valence-electron chi connectivity index (χ1n) is 16.3. The Bertz CT molecular complexity index is 1670. The summed E-state index contributed by atoms with van der Waals surface area (Å²) in [6.45, 7) is -0.118. The molecule has 0 spiro atoms. The Kier molecular flexibility index (Phi) is 8.97. The fraction of sp³-hybridized carbons (Fsp3) is 0.486. The molecule has 0 radical (unpaired) electrons. The molecule has 0 aliphatic heterocycles. The van der Waals surface area contributed by atoms with Gasteiger partial charge < -0.3 is 30.9 Å². The molecule has 5 aliphatic carbocycles. The first-order valence-corrected chi connectivity index (χ1v) is 16.3. The third kappa shape index (κ3) is 5.43. The van der Waals surface area contributed by atoms with Crippen molar-refractivity contribution in [1.29, 1.82) is 0 Å². The number of carboxylic acids is 1. The zero-order valence-corrected chi connectivity index (χ0v) is 27.5. The highest BCUT2D eigenvalue weighted by molar-refractivity contribution is 5.98. The van der Waals surface area contributed by atoms with Gasteiger partial charge in [-0.2, -0.15) is 5.10 Å². The number of amides is 2. The number of carboxylic acid groups (broad SMARTS) is 1. The number of carbonyl (C=O) groups is 3. The molecule has 3 aromatic rings. The minimum absolute atomic E-state index is 0. The number of ether oxygens (including phenoxy) is 2. The summed E-state index contributed by atoms with van der Waals surface area (Å²) in [5.74, 6) is 0.240. The second kappa shape index (κ2) is 12.8. The van der Waals surface area contributed by atoms with Crippen molar-refractivity contribution in [3.63, 3.8) is 0 Å². The van der Waals surface area contributed by atoms with Gasteiger partial charge >= 0.3 is 5.97 Å². The maximum Gasteiger partial charge on any atom is 0.330 e. The molecule has 5 aliphatic rings. The van der Waals surface area contributed by atoms with Crippen molar-refractivity contribution in [1.82, 2.24) is 15.1 Å². The van der Waals surface area contributed by atoms with E-state index in [0.717, 1.165) is 73.9 Å². The maximum atomic E-state index is 14.2. The van der Waals surface area contributed by atoms with E-state index in [2.05, 4.69) is 10.6 Å². The topological polar surface area (TPSA) is 158 Å². The Morgan fingerprint density at radius 1 is 0.957 bits per heavy atom. The summed E-state index contributed by atoms with van der Waals surface area (Å²) in [6, 6.07) is 10.9. The van der Waals surface area contributed by atoms with Crippen LogP contribution in [0.1, 0.15) is 66.6 Å². The van der Waals surface area contributed by atoms with Crippen LogP contribution in [0, 0.1) is 23.7 Å². The monoisotopic (exact) mass is 663 g/mol. The van der Waals surface area contributed by atoms with Gasteiger partial charge in [0.15, 0.2) is 5.69 Å². The van der Waals surface area contributed by atoms with E-state index in [-0.39, 0.29) is 42.4 Å². The quantitative estimate of drug-likeness (QED) is 0.255. The number of aromatic nitrogens is 2. The molecule has 250 valence electrons. The number of hydrogen-bond acceptors (Lipinski definition) is 7. The van der Waals surface area contributed by atoms with Crippen molar-refractivity contribution >= 4 is 35.9 Å². The zero-order valence-electron chi connectivity index (χ0n) is 26.7. The number of anilines is 1. The number of halogens is 1. The lowest BCUT2D eigenvalue weighted by Gasteiger charge is -2.59. The number of nitrogens with one attached hydrogen (secondary N) is 2. The van der Waals surface area contributed by atoms with Gasteiger partial charge in [-0.1, -0.05) is 6.07 Å². The van der Waals surface area contributed by atoms with E-state index in [4.69, 9.17) is 20.3 Å². The highest BCUT2D eigenvalue weighted by atomic mass is 35.5. The van der Waals surface area contributed by atoms with E-state index < -0.39 is 17.4 Å². The Balaban J connectivity index is 0.00000386.